The second kappa shape index (κ2) is 6.94. The Labute approximate surface area is 113 Å². The molecule has 1 aliphatic rings. The van der Waals surface area contributed by atoms with Gasteiger partial charge in [-0.25, -0.2) is 14.5 Å². The lowest BCUT2D eigenvalue weighted by atomic mass is 10.3. The van der Waals surface area contributed by atoms with Crippen molar-refractivity contribution < 1.29 is 14.7 Å². The van der Waals surface area contributed by atoms with Gasteiger partial charge in [-0.3, -0.25) is 9.80 Å². The van der Waals surface area contributed by atoms with Gasteiger partial charge in [0.25, 0.3) is 0 Å². The molecule has 0 bridgehead atoms. The van der Waals surface area contributed by atoms with Crippen molar-refractivity contribution in [2.75, 3.05) is 19.6 Å². The van der Waals surface area contributed by atoms with Crippen LogP contribution in [0.25, 0.3) is 0 Å². The van der Waals surface area contributed by atoms with Gasteiger partial charge in [-0.1, -0.05) is 12.2 Å². The summed E-state index contributed by atoms with van der Waals surface area (Å²) in [5, 5.41) is 10.2. The van der Waals surface area contributed by atoms with Crippen molar-refractivity contribution in [1.29, 1.82) is 0 Å². The fourth-order valence-corrected chi connectivity index (χ4v) is 1.91. The van der Waals surface area contributed by atoms with Gasteiger partial charge in [-0.15, -0.1) is 13.2 Å². The van der Waals surface area contributed by atoms with Gasteiger partial charge in [0.2, 0.25) is 6.35 Å². The summed E-state index contributed by atoms with van der Waals surface area (Å²) in [5.74, 6) is 0. The van der Waals surface area contributed by atoms with Crippen LogP contribution in [0.2, 0.25) is 0 Å². The summed E-state index contributed by atoms with van der Waals surface area (Å²) in [6.45, 7) is 9.85. The Balaban J connectivity index is 2.91. The number of nitrogens with zero attached hydrogens (tertiary/aromatic N) is 3. The molecule has 1 N–H and O–H groups in total. The van der Waals surface area contributed by atoms with Crippen molar-refractivity contribution in [3.63, 3.8) is 0 Å². The lowest BCUT2D eigenvalue weighted by molar-refractivity contribution is -0.0912. The summed E-state index contributed by atoms with van der Waals surface area (Å²) in [6.07, 6.45) is 3.23. The normalized spacial score (nSPS) is 17.1. The number of aliphatic hydroxyl groups is 1. The van der Waals surface area contributed by atoms with Crippen LogP contribution in [0.5, 0.6) is 0 Å². The summed E-state index contributed by atoms with van der Waals surface area (Å²) in [6, 6.07) is -0.923. The van der Waals surface area contributed by atoms with Gasteiger partial charge in [0, 0.05) is 19.6 Å². The third-order valence-electron chi connectivity index (χ3n) is 2.98. The van der Waals surface area contributed by atoms with Crippen molar-refractivity contribution in [2.45, 2.75) is 26.1 Å². The Morgan fingerprint density at radius 1 is 1.11 bits per heavy atom. The molecule has 0 unspecified atom stereocenters. The molecule has 106 valence electrons. The highest BCUT2D eigenvalue weighted by Gasteiger charge is 2.41. The van der Waals surface area contributed by atoms with E-state index in [9.17, 15) is 14.7 Å². The average molecular weight is 267 g/mol. The molecule has 6 heteroatoms. The zero-order chi connectivity index (χ0) is 14.4. The molecule has 1 heterocycles. The van der Waals surface area contributed by atoms with E-state index in [0.29, 0.717) is 25.9 Å². The average Bonchev–Trinajstić information content (AvgIpc) is 2.39. The van der Waals surface area contributed by atoms with Crippen molar-refractivity contribution in [3.8, 4) is 0 Å². The van der Waals surface area contributed by atoms with Crippen LogP contribution in [0.1, 0.15) is 19.8 Å². The highest BCUT2D eigenvalue weighted by molar-refractivity contribution is 5.95. The predicted octanol–water partition coefficient (Wildman–Crippen LogP) is 1.59. The molecule has 1 aliphatic heterocycles. The Morgan fingerprint density at radius 3 is 1.84 bits per heavy atom. The zero-order valence-electron chi connectivity index (χ0n) is 11.3. The number of amides is 4. The molecule has 0 aliphatic carbocycles. The van der Waals surface area contributed by atoms with Crippen molar-refractivity contribution in [2.24, 2.45) is 0 Å². The van der Waals surface area contributed by atoms with Crippen LogP contribution in [-0.4, -0.2) is 57.9 Å². The Hall–Kier alpha value is -1.82. The number of rotatable bonds is 7. The molecule has 1 fully saturated rings. The fraction of sp³-hybridized carbons (Fsp3) is 0.538. The molecule has 0 atom stereocenters. The topological polar surface area (TPSA) is 64.1 Å². The van der Waals surface area contributed by atoms with Gasteiger partial charge >= 0.3 is 12.1 Å². The number of urea groups is 2. The molecule has 0 aromatic carbocycles. The van der Waals surface area contributed by atoms with E-state index in [-0.39, 0.29) is 6.54 Å². The maximum absolute atomic E-state index is 12.1. The SMILES string of the molecule is C=CCCN1C(=O)N(CC)C(=O)N(CCC=C)C1O. The molecular weight excluding hydrogens is 246 g/mol. The number of carbonyl (C=O) groups excluding carboxylic acids is 2. The maximum Gasteiger partial charge on any atom is 0.331 e. The first-order valence-corrected chi connectivity index (χ1v) is 6.37. The molecule has 0 radical (unpaired) electrons. The van der Waals surface area contributed by atoms with Gasteiger partial charge in [-0.05, 0) is 19.8 Å². The first kappa shape index (κ1) is 15.2. The van der Waals surface area contributed by atoms with Crippen LogP contribution in [0.3, 0.4) is 0 Å². The van der Waals surface area contributed by atoms with E-state index in [4.69, 9.17) is 0 Å². The van der Waals surface area contributed by atoms with Gasteiger partial charge in [-0.2, -0.15) is 0 Å². The highest BCUT2D eigenvalue weighted by Crippen LogP contribution is 2.18. The highest BCUT2D eigenvalue weighted by atomic mass is 16.3. The number of hydrogen-bond donors (Lipinski definition) is 1. The van der Waals surface area contributed by atoms with Crippen LogP contribution < -0.4 is 0 Å². The number of imide groups is 1. The van der Waals surface area contributed by atoms with Crippen LogP contribution in [0.4, 0.5) is 9.59 Å². The van der Waals surface area contributed by atoms with Gasteiger partial charge in [0.05, 0.1) is 0 Å². The van der Waals surface area contributed by atoms with Gasteiger partial charge in [0.15, 0.2) is 0 Å². The second-order valence-corrected chi connectivity index (χ2v) is 4.20. The second-order valence-electron chi connectivity index (χ2n) is 4.20. The molecule has 1 saturated heterocycles. The summed E-state index contributed by atoms with van der Waals surface area (Å²) in [7, 11) is 0. The molecule has 0 spiro atoms. The van der Waals surface area contributed by atoms with Gasteiger partial charge in [0.1, 0.15) is 0 Å². The van der Waals surface area contributed by atoms with Gasteiger partial charge < -0.3 is 5.11 Å². The smallest absolute Gasteiger partial charge is 0.331 e. The van der Waals surface area contributed by atoms with E-state index in [1.54, 1.807) is 19.1 Å². The Kier molecular flexibility index (Phi) is 5.57. The number of aliphatic hydroxyl groups excluding tert-OH is 1. The fourth-order valence-electron chi connectivity index (χ4n) is 1.91. The lowest BCUT2D eigenvalue weighted by Crippen LogP contribution is -2.66. The summed E-state index contributed by atoms with van der Waals surface area (Å²) >= 11 is 0. The number of hydrogen-bond acceptors (Lipinski definition) is 3. The molecule has 0 saturated carbocycles. The first-order valence-electron chi connectivity index (χ1n) is 6.37. The van der Waals surface area contributed by atoms with Crippen molar-refractivity contribution in [3.05, 3.63) is 25.3 Å². The zero-order valence-corrected chi connectivity index (χ0v) is 11.3. The van der Waals surface area contributed by atoms with E-state index >= 15 is 0 Å². The first-order chi connectivity index (χ1) is 9.08. The minimum atomic E-state index is -1.22. The van der Waals surface area contributed by atoms with Crippen LogP contribution in [0, 0.1) is 0 Å². The summed E-state index contributed by atoms with van der Waals surface area (Å²) in [4.78, 5) is 27.9. The van der Waals surface area contributed by atoms with Crippen LogP contribution in [-0.2, 0) is 0 Å². The number of carbonyl (C=O) groups is 2. The standard InChI is InChI=1S/C13H21N3O3/c1-4-7-9-15-11(17)14(6-3)12(18)16(13(15)19)10-8-5-2/h4-5,13,19H,1-2,6-10H2,3H3. The van der Waals surface area contributed by atoms with E-state index in [1.165, 1.54) is 9.80 Å². The van der Waals surface area contributed by atoms with E-state index in [0.717, 1.165) is 4.90 Å². The molecule has 0 aromatic rings. The third kappa shape index (κ3) is 3.14. The third-order valence-corrected chi connectivity index (χ3v) is 2.98. The predicted molar refractivity (Wildman–Crippen MR) is 72.2 cm³/mol. The Bertz CT molecular complexity index is 338. The maximum atomic E-state index is 12.1. The monoisotopic (exact) mass is 267 g/mol. The van der Waals surface area contributed by atoms with E-state index in [2.05, 4.69) is 13.2 Å². The van der Waals surface area contributed by atoms with E-state index < -0.39 is 18.4 Å². The molecule has 0 aromatic heterocycles. The van der Waals surface area contributed by atoms with E-state index in [1.807, 2.05) is 0 Å². The Morgan fingerprint density at radius 2 is 1.53 bits per heavy atom. The van der Waals surface area contributed by atoms with Crippen molar-refractivity contribution in [1.82, 2.24) is 14.7 Å². The molecular formula is C13H21N3O3. The minimum absolute atomic E-state index is 0.277. The molecule has 4 amide bonds. The van der Waals surface area contributed by atoms with Crippen molar-refractivity contribution >= 4 is 12.1 Å². The largest absolute Gasteiger partial charge is 0.356 e. The summed E-state index contributed by atoms with van der Waals surface area (Å²) in [5.41, 5.74) is 0. The minimum Gasteiger partial charge on any atom is -0.356 e. The summed E-state index contributed by atoms with van der Waals surface area (Å²) < 4.78 is 0. The quantitative estimate of drug-likeness (QED) is 0.712. The molecule has 19 heavy (non-hydrogen) atoms. The lowest BCUT2D eigenvalue weighted by Gasteiger charge is -2.44. The molecule has 1 rings (SSSR count). The molecule has 6 nitrogen and oxygen atoms in total. The van der Waals surface area contributed by atoms with Crippen LogP contribution in [0.15, 0.2) is 25.3 Å². The van der Waals surface area contributed by atoms with Crippen LogP contribution >= 0.6 is 0 Å².